The molecule has 1 nitrogen and oxygen atoms in total. The molecule has 3 aromatic rings. The highest BCUT2D eigenvalue weighted by Gasteiger charge is 2.07. The van der Waals surface area contributed by atoms with Gasteiger partial charge in [0.05, 0.1) is 0 Å². The van der Waals surface area contributed by atoms with Gasteiger partial charge in [-0.05, 0) is 35.9 Å². The predicted octanol–water partition coefficient (Wildman–Crippen LogP) is 0.978. The van der Waals surface area contributed by atoms with E-state index in [2.05, 4.69) is 28.8 Å². The fourth-order valence-electron chi connectivity index (χ4n) is 2.28. The Hall–Kier alpha value is -1.75. The second kappa shape index (κ2) is 6.80. The Kier molecular flexibility index (Phi) is 5.07. The zero-order valence-corrected chi connectivity index (χ0v) is 13.8. The maximum atomic E-state index is 12.9. The molecular formula is C18H15FIN. The fourth-order valence-corrected chi connectivity index (χ4v) is 2.28. The number of hydrogen-bond donors (Lipinski definition) is 0. The van der Waals surface area contributed by atoms with Crippen LogP contribution in [0.4, 0.5) is 4.39 Å². The summed E-state index contributed by atoms with van der Waals surface area (Å²) in [6.45, 7) is 0. The van der Waals surface area contributed by atoms with Crippen LogP contribution in [0.3, 0.4) is 0 Å². The molecule has 0 bridgehead atoms. The Bertz CT molecular complexity index is 779. The van der Waals surface area contributed by atoms with Gasteiger partial charge in [0.2, 0.25) is 11.2 Å². The van der Waals surface area contributed by atoms with Gasteiger partial charge in [0.1, 0.15) is 12.9 Å². The van der Waals surface area contributed by atoms with Gasteiger partial charge in [-0.3, -0.25) is 0 Å². The van der Waals surface area contributed by atoms with Gasteiger partial charge in [-0.1, -0.05) is 24.3 Å². The van der Waals surface area contributed by atoms with Crippen molar-refractivity contribution in [2.75, 3.05) is 0 Å². The van der Waals surface area contributed by atoms with Crippen molar-refractivity contribution in [3.8, 4) is 0 Å². The molecule has 0 atom stereocenters. The average Bonchev–Trinajstić information content (AvgIpc) is 2.49. The molecule has 0 aliphatic heterocycles. The summed E-state index contributed by atoms with van der Waals surface area (Å²) in [5.74, 6) is -0.210. The number of aromatic nitrogens is 1. The number of hydrogen-bond acceptors (Lipinski definition) is 0. The smallest absolute Gasteiger partial charge is 0.212 e. The summed E-state index contributed by atoms with van der Waals surface area (Å²) in [7, 11) is 2.05. The van der Waals surface area contributed by atoms with E-state index in [-0.39, 0.29) is 29.8 Å². The van der Waals surface area contributed by atoms with Crippen molar-refractivity contribution < 1.29 is 32.9 Å². The molecule has 0 unspecified atom stereocenters. The number of rotatable bonds is 2. The van der Waals surface area contributed by atoms with Gasteiger partial charge in [0.25, 0.3) is 0 Å². The second-order valence-corrected chi connectivity index (χ2v) is 4.76. The molecular weight excluding hydrogens is 376 g/mol. The maximum Gasteiger partial charge on any atom is 0.212 e. The molecule has 1 aromatic heterocycles. The van der Waals surface area contributed by atoms with Gasteiger partial charge in [-0.2, -0.15) is 4.57 Å². The van der Waals surface area contributed by atoms with Crippen LogP contribution in [0.15, 0.2) is 60.7 Å². The minimum atomic E-state index is -0.210. The number of halogens is 2. The topological polar surface area (TPSA) is 3.88 Å². The Morgan fingerprint density at radius 3 is 2.33 bits per heavy atom. The van der Waals surface area contributed by atoms with Crippen LogP contribution in [0.25, 0.3) is 23.1 Å². The van der Waals surface area contributed by atoms with Crippen molar-refractivity contribution in [3.63, 3.8) is 0 Å². The Balaban J connectivity index is 0.00000161. The van der Waals surface area contributed by atoms with Gasteiger partial charge < -0.3 is 24.0 Å². The Morgan fingerprint density at radius 2 is 1.57 bits per heavy atom. The van der Waals surface area contributed by atoms with E-state index >= 15 is 0 Å². The summed E-state index contributed by atoms with van der Waals surface area (Å²) in [5.41, 5.74) is 3.28. The minimum absolute atomic E-state index is 0. The third-order valence-electron chi connectivity index (χ3n) is 3.44. The first kappa shape index (κ1) is 15.6. The van der Waals surface area contributed by atoms with Crippen LogP contribution in [-0.2, 0) is 7.05 Å². The largest absolute Gasteiger partial charge is 1.00 e. The van der Waals surface area contributed by atoms with Gasteiger partial charge in [-0.15, -0.1) is 0 Å². The quantitative estimate of drug-likeness (QED) is 0.453. The third kappa shape index (κ3) is 3.47. The van der Waals surface area contributed by atoms with Crippen molar-refractivity contribution >= 4 is 23.1 Å². The predicted molar refractivity (Wildman–Crippen MR) is 80.5 cm³/mol. The molecule has 0 radical (unpaired) electrons. The lowest BCUT2D eigenvalue weighted by Crippen LogP contribution is -3.00. The first-order valence-corrected chi connectivity index (χ1v) is 6.55. The standard InChI is InChI=1S/C18H15FN.HI/c1-20-17(12-8-14-6-10-16(19)11-7-14)13-9-15-4-2-3-5-18(15)20;/h2-13H,1H3;1H/q+1;/p-1. The second-order valence-electron chi connectivity index (χ2n) is 4.76. The van der Waals surface area contributed by atoms with Crippen LogP contribution in [0.1, 0.15) is 11.3 Å². The summed E-state index contributed by atoms with van der Waals surface area (Å²) >= 11 is 0. The molecule has 0 spiro atoms. The molecule has 2 aromatic carbocycles. The SMILES string of the molecule is C[n+]1c(C=Cc2ccc(F)cc2)ccc2ccccc21.[I-]. The van der Waals surface area contributed by atoms with Gasteiger partial charge in [-0.25, -0.2) is 4.39 Å². The zero-order valence-electron chi connectivity index (χ0n) is 11.6. The molecule has 0 aliphatic rings. The van der Waals surface area contributed by atoms with E-state index in [1.54, 1.807) is 12.1 Å². The van der Waals surface area contributed by atoms with Crippen molar-refractivity contribution in [2.45, 2.75) is 0 Å². The molecule has 0 fully saturated rings. The third-order valence-corrected chi connectivity index (χ3v) is 3.44. The van der Waals surface area contributed by atoms with E-state index in [1.807, 2.05) is 31.3 Å². The van der Waals surface area contributed by atoms with Crippen LogP contribution in [0.2, 0.25) is 0 Å². The number of nitrogens with zero attached hydrogens (tertiary/aromatic N) is 1. The molecule has 1 heterocycles. The average molecular weight is 391 g/mol. The first-order chi connectivity index (χ1) is 9.74. The van der Waals surface area contributed by atoms with Crippen LogP contribution in [0, 0.1) is 5.82 Å². The van der Waals surface area contributed by atoms with E-state index in [0.29, 0.717) is 0 Å². The summed E-state index contributed by atoms with van der Waals surface area (Å²) in [4.78, 5) is 0. The summed E-state index contributed by atoms with van der Waals surface area (Å²) < 4.78 is 15.0. The van der Waals surface area contributed by atoms with Crippen molar-refractivity contribution in [2.24, 2.45) is 7.05 Å². The molecule has 0 aliphatic carbocycles. The van der Waals surface area contributed by atoms with Crippen LogP contribution >= 0.6 is 0 Å². The van der Waals surface area contributed by atoms with Crippen molar-refractivity contribution in [1.29, 1.82) is 0 Å². The lowest BCUT2D eigenvalue weighted by atomic mass is 10.1. The van der Waals surface area contributed by atoms with E-state index in [1.165, 1.54) is 23.0 Å². The number of aryl methyl sites for hydroxylation is 1. The fraction of sp³-hybridized carbons (Fsp3) is 0.0556. The molecule has 3 rings (SSSR count). The molecule has 0 N–H and O–H groups in total. The molecule has 3 heteroatoms. The Morgan fingerprint density at radius 1 is 0.857 bits per heavy atom. The lowest BCUT2D eigenvalue weighted by molar-refractivity contribution is -0.646. The van der Waals surface area contributed by atoms with Gasteiger partial charge in [0, 0.05) is 23.6 Å². The number of fused-ring (bicyclic) bond motifs is 1. The van der Waals surface area contributed by atoms with Crippen molar-refractivity contribution in [3.05, 3.63) is 77.7 Å². The summed E-state index contributed by atoms with van der Waals surface area (Å²) in [6, 6.07) is 19.0. The monoisotopic (exact) mass is 391 g/mol. The van der Waals surface area contributed by atoms with Gasteiger partial charge in [0.15, 0.2) is 0 Å². The van der Waals surface area contributed by atoms with E-state index in [9.17, 15) is 4.39 Å². The van der Waals surface area contributed by atoms with Crippen LogP contribution in [-0.4, -0.2) is 0 Å². The maximum absolute atomic E-state index is 12.9. The highest BCUT2D eigenvalue weighted by atomic mass is 127. The minimum Gasteiger partial charge on any atom is -1.00 e. The van der Waals surface area contributed by atoms with Crippen LogP contribution < -0.4 is 28.5 Å². The first-order valence-electron chi connectivity index (χ1n) is 6.55. The van der Waals surface area contributed by atoms with Crippen LogP contribution in [0.5, 0.6) is 0 Å². The summed E-state index contributed by atoms with van der Waals surface area (Å²) in [6.07, 6.45) is 4.03. The molecule has 106 valence electrons. The Labute approximate surface area is 140 Å². The van der Waals surface area contributed by atoms with Crippen molar-refractivity contribution in [1.82, 2.24) is 0 Å². The van der Waals surface area contributed by atoms with Gasteiger partial charge >= 0.3 is 0 Å². The summed E-state index contributed by atoms with van der Waals surface area (Å²) in [5, 5.41) is 1.22. The normalized spacial score (nSPS) is 10.8. The molecule has 0 saturated carbocycles. The zero-order chi connectivity index (χ0) is 13.9. The number of pyridine rings is 1. The van der Waals surface area contributed by atoms with E-state index in [0.717, 1.165) is 11.3 Å². The number of para-hydroxylation sites is 1. The molecule has 0 amide bonds. The molecule has 21 heavy (non-hydrogen) atoms. The highest BCUT2D eigenvalue weighted by Crippen LogP contribution is 2.12. The number of benzene rings is 2. The lowest BCUT2D eigenvalue weighted by Gasteiger charge is -1.99. The van der Waals surface area contributed by atoms with E-state index in [4.69, 9.17) is 0 Å². The highest BCUT2D eigenvalue weighted by molar-refractivity contribution is 5.77. The molecule has 0 saturated heterocycles. The van der Waals surface area contributed by atoms with E-state index < -0.39 is 0 Å².